The van der Waals surface area contributed by atoms with Crippen molar-refractivity contribution in [2.24, 2.45) is 22.7 Å². The Hall–Kier alpha value is -4.95. The molecule has 1 saturated heterocycles. The molecule has 4 aromatic rings. The number of fused-ring (bicyclic) bond motifs is 1. The number of carbonyl (C=O) groups is 1. The number of unbranched alkanes of at least 4 members (excludes halogenated alkanes) is 1. The minimum atomic E-state index is -4.53. The summed E-state index contributed by atoms with van der Waals surface area (Å²) in [4.78, 5) is 37.5. The van der Waals surface area contributed by atoms with Crippen LogP contribution in [-0.2, 0) is 10.0 Å². The van der Waals surface area contributed by atoms with Crippen molar-refractivity contribution < 1.29 is 22.9 Å². The Labute approximate surface area is 366 Å². The number of aromatic amines is 1. The standard InChI is InChI=1S/C48H63N7O6S/c1-5-6-17-48(19-20-48)41-29-47(3,4)18-15-36(41)32-53-22-24-54(25-23-53)37-11-13-40(44(27-37)61-38-26-35-16-21-49-45(35)51-31-38)46(56)52-62(59,60)39-12-14-42(43(28-39)55(57)58)50-30-34-9-7-33(2)8-10-34/h11-14,16,21,26-28,31,33-34,50H,5-10,15,17-20,22-25,29-30,32H2,1-4H3,(H,49,51)(H,52,56). The number of aromatic nitrogens is 2. The molecule has 332 valence electrons. The number of H-pyrrole nitrogens is 1. The van der Waals surface area contributed by atoms with Crippen molar-refractivity contribution in [2.75, 3.05) is 49.5 Å². The summed E-state index contributed by atoms with van der Waals surface area (Å²) in [6.45, 7) is 14.3. The molecule has 8 rings (SSSR count). The molecule has 0 unspecified atom stereocenters. The number of sulfonamides is 1. The molecule has 13 nitrogen and oxygen atoms in total. The van der Waals surface area contributed by atoms with Gasteiger partial charge in [-0.2, -0.15) is 0 Å². The molecule has 14 heteroatoms. The van der Waals surface area contributed by atoms with Gasteiger partial charge in [0, 0.05) is 68.7 Å². The smallest absolute Gasteiger partial charge is 0.293 e. The van der Waals surface area contributed by atoms with Gasteiger partial charge in [0.25, 0.3) is 21.6 Å². The van der Waals surface area contributed by atoms with E-state index in [1.165, 1.54) is 63.5 Å². The Morgan fingerprint density at radius 2 is 1.79 bits per heavy atom. The van der Waals surface area contributed by atoms with Gasteiger partial charge in [-0.3, -0.25) is 19.8 Å². The number of hydrogen-bond donors (Lipinski definition) is 3. The number of anilines is 2. The lowest BCUT2D eigenvalue weighted by atomic mass is 9.69. The Morgan fingerprint density at radius 3 is 2.52 bits per heavy atom. The van der Waals surface area contributed by atoms with E-state index < -0.39 is 20.9 Å². The van der Waals surface area contributed by atoms with E-state index in [2.05, 4.69) is 57.5 Å². The van der Waals surface area contributed by atoms with Crippen LogP contribution in [0.1, 0.15) is 115 Å². The van der Waals surface area contributed by atoms with Crippen LogP contribution in [-0.4, -0.2) is 73.4 Å². The summed E-state index contributed by atoms with van der Waals surface area (Å²) in [7, 11) is -4.53. The molecule has 1 aliphatic heterocycles. The number of allylic oxidation sites excluding steroid dienone is 1. The van der Waals surface area contributed by atoms with Gasteiger partial charge in [0.1, 0.15) is 22.8 Å². The predicted molar refractivity (Wildman–Crippen MR) is 244 cm³/mol. The molecule has 2 aromatic carbocycles. The average molecular weight is 866 g/mol. The number of nitrogens with zero attached hydrogens (tertiary/aromatic N) is 4. The van der Waals surface area contributed by atoms with Crippen LogP contribution < -0.4 is 19.7 Å². The van der Waals surface area contributed by atoms with Gasteiger partial charge in [0.15, 0.2) is 0 Å². The van der Waals surface area contributed by atoms with E-state index in [0.717, 1.165) is 75.5 Å². The van der Waals surface area contributed by atoms with Crippen LogP contribution in [0, 0.1) is 32.8 Å². The van der Waals surface area contributed by atoms with E-state index in [4.69, 9.17) is 4.74 Å². The summed E-state index contributed by atoms with van der Waals surface area (Å²) in [6, 6.07) is 12.5. The molecule has 62 heavy (non-hydrogen) atoms. The molecule has 2 saturated carbocycles. The van der Waals surface area contributed by atoms with Crippen molar-refractivity contribution >= 4 is 44.0 Å². The fraction of sp³-hybridized carbons (Fsp3) is 0.542. The highest BCUT2D eigenvalue weighted by Gasteiger charge is 2.48. The number of benzene rings is 2. The van der Waals surface area contributed by atoms with Crippen LogP contribution in [0.4, 0.5) is 17.1 Å². The van der Waals surface area contributed by atoms with Gasteiger partial charge < -0.3 is 19.9 Å². The highest BCUT2D eigenvalue weighted by Crippen LogP contribution is 2.61. The van der Waals surface area contributed by atoms with Gasteiger partial charge in [-0.05, 0) is 110 Å². The molecule has 4 aliphatic rings. The number of amides is 1. The molecule has 0 atom stereocenters. The summed E-state index contributed by atoms with van der Waals surface area (Å²) in [5.41, 5.74) is 5.63. The number of nitro benzene ring substituents is 1. The fourth-order valence-corrected chi connectivity index (χ4v) is 10.9. The largest absolute Gasteiger partial charge is 0.455 e. The van der Waals surface area contributed by atoms with Gasteiger partial charge >= 0.3 is 0 Å². The molecule has 3 heterocycles. The normalized spacial score (nSPS) is 21.5. The lowest BCUT2D eigenvalue weighted by Crippen LogP contribution is -2.47. The van der Waals surface area contributed by atoms with Crippen molar-refractivity contribution in [1.29, 1.82) is 0 Å². The van der Waals surface area contributed by atoms with Crippen LogP contribution in [0.5, 0.6) is 11.5 Å². The summed E-state index contributed by atoms with van der Waals surface area (Å²) >= 11 is 0. The van der Waals surface area contributed by atoms with E-state index in [1.807, 2.05) is 12.1 Å². The first kappa shape index (κ1) is 43.7. The van der Waals surface area contributed by atoms with Crippen molar-refractivity contribution in [2.45, 2.75) is 110 Å². The number of rotatable bonds is 16. The van der Waals surface area contributed by atoms with Crippen molar-refractivity contribution in [3.8, 4) is 11.5 Å². The Balaban J connectivity index is 0.991. The SMILES string of the molecule is CCCCC1(C2=C(CN3CCN(c4ccc(C(=O)NS(=O)(=O)c5ccc(NCC6CCC(C)CC6)c([N+](=O)[O-])c5)c(Oc5cnc6[nH]ccc6c5)c4)CC3)CCC(C)(C)C2)CC1. The van der Waals surface area contributed by atoms with Crippen LogP contribution in [0.25, 0.3) is 11.0 Å². The summed E-state index contributed by atoms with van der Waals surface area (Å²) in [5.74, 6) is 0.694. The van der Waals surface area contributed by atoms with Crippen LogP contribution in [0.3, 0.4) is 0 Å². The molecule has 3 aliphatic carbocycles. The number of piperazine rings is 1. The number of ether oxygens (including phenoxy) is 1. The third kappa shape index (κ3) is 9.96. The summed E-state index contributed by atoms with van der Waals surface area (Å²) in [6.07, 6.45) is 17.8. The quantitative estimate of drug-likeness (QED) is 0.0561. The third-order valence-corrected chi connectivity index (χ3v) is 15.4. The number of pyridine rings is 1. The maximum Gasteiger partial charge on any atom is 0.293 e. The zero-order valence-electron chi connectivity index (χ0n) is 36.8. The van der Waals surface area contributed by atoms with E-state index >= 15 is 0 Å². The van der Waals surface area contributed by atoms with Crippen molar-refractivity contribution in [3.63, 3.8) is 0 Å². The maximum atomic E-state index is 14.0. The topological polar surface area (TPSA) is 163 Å². The number of carbonyl (C=O) groups excluding carboxylic acids is 1. The van der Waals surface area contributed by atoms with Crippen LogP contribution in [0.2, 0.25) is 0 Å². The number of nitrogens with one attached hydrogen (secondary N) is 3. The van der Waals surface area contributed by atoms with E-state index in [-0.39, 0.29) is 27.6 Å². The van der Waals surface area contributed by atoms with E-state index in [0.29, 0.717) is 40.6 Å². The molecule has 0 bridgehead atoms. The Morgan fingerprint density at radius 1 is 1.02 bits per heavy atom. The molecule has 3 N–H and O–H groups in total. The summed E-state index contributed by atoms with van der Waals surface area (Å²) in [5, 5.41) is 16.1. The second-order valence-corrected chi connectivity index (χ2v) is 21.0. The monoisotopic (exact) mass is 865 g/mol. The maximum absolute atomic E-state index is 14.0. The van der Waals surface area contributed by atoms with Gasteiger partial charge in [-0.1, -0.05) is 64.5 Å². The molecule has 0 spiro atoms. The van der Waals surface area contributed by atoms with E-state index in [1.54, 1.807) is 41.7 Å². The van der Waals surface area contributed by atoms with Crippen LogP contribution in [0.15, 0.2) is 77.0 Å². The highest BCUT2D eigenvalue weighted by molar-refractivity contribution is 7.90. The van der Waals surface area contributed by atoms with Crippen LogP contribution >= 0.6 is 0 Å². The first-order valence-corrected chi connectivity index (χ1v) is 24.2. The molecule has 2 aromatic heterocycles. The third-order valence-electron chi connectivity index (χ3n) is 14.1. The molecule has 1 amide bonds. The molecule has 0 radical (unpaired) electrons. The second-order valence-electron chi connectivity index (χ2n) is 19.3. The average Bonchev–Trinajstić information content (AvgIpc) is 3.90. The second kappa shape index (κ2) is 18.0. The number of nitro groups is 1. The Kier molecular flexibility index (Phi) is 12.7. The van der Waals surface area contributed by atoms with Gasteiger partial charge in [-0.15, -0.1) is 0 Å². The summed E-state index contributed by atoms with van der Waals surface area (Å²) < 4.78 is 36.0. The molecular formula is C48H63N7O6S. The molecular weight excluding hydrogens is 803 g/mol. The zero-order chi connectivity index (χ0) is 43.6. The first-order valence-electron chi connectivity index (χ1n) is 22.7. The predicted octanol–water partition coefficient (Wildman–Crippen LogP) is 10.2. The van der Waals surface area contributed by atoms with Gasteiger partial charge in [0.2, 0.25) is 0 Å². The minimum Gasteiger partial charge on any atom is -0.455 e. The fourth-order valence-electron chi connectivity index (χ4n) is 9.96. The Bertz CT molecular complexity index is 2420. The zero-order valence-corrected chi connectivity index (χ0v) is 37.6. The minimum absolute atomic E-state index is 0.00326. The lowest BCUT2D eigenvalue weighted by Gasteiger charge is -2.41. The lowest BCUT2D eigenvalue weighted by molar-refractivity contribution is -0.384. The first-order chi connectivity index (χ1) is 29.7. The van der Waals surface area contributed by atoms with Crippen molar-refractivity contribution in [3.05, 3.63) is 87.7 Å². The van der Waals surface area contributed by atoms with Gasteiger partial charge in [0.05, 0.1) is 21.6 Å². The highest BCUT2D eigenvalue weighted by atomic mass is 32.2. The van der Waals surface area contributed by atoms with E-state index in [9.17, 15) is 23.3 Å². The van der Waals surface area contributed by atoms with Crippen molar-refractivity contribution in [1.82, 2.24) is 19.6 Å². The number of hydrogen-bond acceptors (Lipinski definition) is 10. The van der Waals surface area contributed by atoms with Gasteiger partial charge in [-0.25, -0.2) is 18.1 Å². The molecule has 3 fully saturated rings.